The number of hydrogen-bond acceptors (Lipinski definition) is 4. The molecule has 0 radical (unpaired) electrons. The lowest BCUT2D eigenvalue weighted by atomic mass is 10.0. The Bertz CT molecular complexity index is 902. The number of rotatable bonds is 7. The van der Waals surface area contributed by atoms with Crippen molar-refractivity contribution in [3.8, 4) is 0 Å². The van der Waals surface area contributed by atoms with Crippen LogP contribution in [0.5, 0.6) is 0 Å². The summed E-state index contributed by atoms with van der Waals surface area (Å²) in [6.07, 6.45) is 4.49. The SMILES string of the molecule is O=C(NCCCC(=O)N1CCCCC1C(=O)Nc1ccc(Cl)c(Cl)c1)c1ccco1. The zero-order chi connectivity index (χ0) is 21.5. The van der Waals surface area contributed by atoms with Crippen LogP contribution in [-0.4, -0.2) is 41.8 Å². The minimum Gasteiger partial charge on any atom is -0.459 e. The second-order valence-corrected chi connectivity index (χ2v) is 7.87. The zero-order valence-corrected chi connectivity index (χ0v) is 17.8. The summed E-state index contributed by atoms with van der Waals surface area (Å²) in [6, 6.07) is 7.55. The molecule has 1 aliphatic heterocycles. The molecule has 3 amide bonds. The Balaban J connectivity index is 1.51. The van der Waals surface area contributed by atoms with Gasteiger partial charge in [-0.3, -0.25) is 14.4 Å². The van der Waals surface area contributed by atoms with Gasteiger partial charge in [0.1, 0.15) is 6.04 Å². The van der Waals surface area contributed by atoms with Crippen LogP contribution in [0.25, 0.3) is 0 Å². The average molecular weight is 452 g/mol. The maximum atomic E-state index is 12.8. The molecule has 2 N–H and O–H groups in total. The van der Waals surface area contributed by atoms with Crippen LogP contribution in [0.2, 0.25) is 10.0 Å². The van der Waals surface area contributed by atoms with Crippen LogP contribution in [0, 0.1) is 0 Å². The van der Waals surface area contributed by atoms with E-state index in [9.17, 15) is 14.4 Å². The molecule has 1 fully saturated rings. The fourth-order valence-electron chi connectivity index (χ4n) is 3.38. The first-order chi connectivity index (χ1) is 14.5. The third kappa shape index (κ3) is 5.77. The smallest absolute Gasteiger partial charge is 0.286 e. The molecule has 0 saturated carbocycles. The highest BCUT2D eigenvalue weighted by molar-refractivity contribution is 6.42. The fourth-order valence-corrected chi connectivity index (χ4v) is 3.68. The maximum Gasteiger partial charge on any atom is 0.286 e. The molecule has 0 spiro atoms. The minimum absolute atomic E-state index is 0.101. The number of amides is 3. The third-order valence-corrected chi connectivity index (χ3v) is 5.65. The van der Waals surface area contributed by atoms with Gasteiger partial charge in [-0.15, -0.1) is 0 Å². The van der Waals surface area contributed by atoms with Crippen LogP contribution in [0.15, 0.2) is 41.0 Å². The molecule has 30 heavy (non-hydrogen) atoms. The van der Waals surface area contributed by atoms with Gasteiger partial charge in [-0.05, 0) is 56.0 Å². The minimum atomic E-state index is -0.529. The number of likely N-dealkylation sites (tertiary alicyclic amines) is 1. The summed E-state index contributed by atoms with van der Waals surface area (Å²) in [5.41, 5.74) is 0.535. The van der Waals surface area contributed by atoms with Crippen molar-refractivity contribution in [2.24, 2.45) is 0 Å². The van der Waals surface area contributed by atoms with Gasteiger partial charge in [-0.25, -0.2) is 0 Å². The van der Waals surface area contributed by atoms with Gasteiger partial charge in [0.05, 0.1) is 16.3 Å². The number of carbonyl (C=O) groups excluding carboxylic acids is 3. The third-order valence-electron chi connectivity index (χ3n) is 4.91. The number of halogens is 2. The summed E-state index contributed by atoms with van der Waals surface area (Å²) in [7, 11) is 0. The van der Waals surface area contributed by atoms with E-state index in [1.165, 1.54) is 6.26 Å². The number of nitrogens with one attached hydrogen (secondary N) is 2. The lowest BCUT2D eigenvalue weighted by Gasteiger charge is -2.34. The molecule has 2 heterocycles. The molecule has 1 atom stereocenters. The van der Waals surface area contributed by atoms with Gasteiger partial charge in [0.2, 0.25) is 11.8 Å². The predicted molar refractivity (Wildman–Crippen MR) is 115 cm³/mol. The number of benzene rings is 1. The zero-order valence-electron chi connectivity index (χ0n) is 16.3. The van der Waals surface area contributed by atoms with E-state index in [4.69, 9.17) is 27.6 Å². The second kappa shape index (κ2) is 10.5. The van der Waals surface area contributed by atoms with Crippen LogP contribution < -0.4 is 10.6 Å². The van der Waals surface area contributed by atoms with E-state index in [0.717, 1.165) is 12.8 Å². The molecule has 1 aromatic heterocycles. The van der Waals surface area contributed by atoms with Crippen LogP contribution in [0.1, 0.15) is 42.7 Å². The first-order valence-corrected chi connectivity index (χ1v) is 10.6. The summed E-state index contributed by atoms with van der Waals surface area (Å²) >= 11 is 11.9. The van der Waals surface area contributed by atoms with Crippen LogP contribution in [0.3, 0.4) is 0 Å². The monoisotopic (exact) mass is 451 g/mol. The van der Waals surface area contributed by atoms with E-state index in [-0.39, 0.29) is 29.9 Å². The van der Waals surface area contributed by atoms with Gasteiger partial charge in [-0.2, -0.15) is 0 Å². The van der Waals surface area contributed by atoms with E-state index in [2.05, 4.69) is 10.6 Å². The highest BCUT2D eigenvalue weighted by Crippen LogP contribution is 2.26. The van der Waals surface area contributed by atoms with E-state index in [1.54, 1.807) is 35.2 Å². The number of furan rings is 1. The number of anilines is 1. The van der Waals surface area contributed by atoms with E-state index >= 15 is 0 Å². The maximum absolute atomic E-state index is 12.8. The van der Waals surface area contributed by atoms with Gasteiger partial charge >= 0.3 is 0 Å². The van der Waals surface area contributed by atoms with Crippen LogP contribution in [-0.2, 0) is 9.59 Å². The molecule has 1 aliphatic rings. The summed E-state index contributed by atoms with van der Waals surface area (Å²) in [5.74, 6) is -0.426. The van der Waals surface area contributed by atoms with E-state index in [1.807, 2.05) is 0 Å². The highest BCUT2D eigenvalue weighted by Gasteiger charge is 2.31. The summed E-state index contributed by atoms with van der Waals surface area (Å²) in [6.45, 7) is 0.885. The largest absolute Gasteiger partial charge is 0.459 e. The quantitative estimate of drug-likeness (QED) is 0.619. The highest BCUT2D eigenvalue weighted by atomic mass is 35.5. The molecule has 0 aliphatic carbocycles. The summed E-state index contributed by atoms with van der Waals surface area (Å²) in [5, 5.41) is 6.29. The molecule has 7 nitrogen and oxygen atoms in total. The van der Waals surface area contributed by atoms with Gasteiger partial charge in [-0.1, -0.05) is 23.2 Å². The molecule has 1 saturated heterocycles. The van der Waals surface area contributed by atoms with Crippen molar-refractivity contribution >= 4 is 46.6 Å². The second-order valence-electron chi connectivity index (χ2n) is 7.05. The topological polar surface area (TPSA) is 91.7 Å². The normalized spacial score (nSPS) is 16.2. The molecule has 1 aromatic carbocycles. The lowest BCUT2D eigenvalue weighted by Crippen LogP contribution is -2.50. The van der Waals surface area contributed by atoms with Gasteiger partial charge in [0.15, 0.2) is 5.76 Å². The van der Waals surface area contributed by atoms with E-state index in [0.29, 0.717) is 41.7 Å². The standard InChI is InChI=1S/C21H23Cl2N3O4/c22-15-9-8-14(13-16(15)23)25-20(28)17-5-1-2-11-26(17)19(27)7-3-10-24-21(29)18-6-4-12-30-18/h4,6,8-9,12-13,17H,1-3,5,7,10-11H2,(H,24,29)(H,25,28). The average Bonchev–Trinajstić information content (AvgIpc) is 3.28. The first-order valence-electron chi connectivity index (χ1n) is 9.83. The summed E-state index contributed by atoms with van der Waals surface area (Å²) < 4.78 is 5.02. The molecule has 1 unspecified atom stereocenters. The molecule has 2 aromatic rings. The van der Waals surface area contributed by atoms with Crippen molar-refractivity contribution in [3.05, 3.63) is 52.4 Å². The van der Waals surface area contributed by atoms with Gasteiger partial charge in [0.25, 0.3) is 5.91 Å². The summed E-state index contributed by atoms with van der Waals surface area (Å²) in [4.78, 5) is 39.0. The molecular formula is C21H23Cl2N3O4. The Morgan fingerprint density at radius 1 is 1.13 bits per heavy atom. The Hall–Kier alpha value is -2.51. The van der Waals surface area contributed by atoms with Gasteiger partial charge in [0, 0.05) is 25.2 Å². The van der Waals surface area contributed by atoms with Crippen molar-refractivity contribution < 1.29 is 18.8 Å². The van der Waals surface area contributed by atoms with Crippen LogP contribution >= 0.6 is 23.2 Å². The van der Waals surface area contributed by atoms with E-state index < -0.39 is 6.04 Å². The predicted octanol–water partition coefficient (Wildman–Crippen LogP) is 4.12. The lowest BCUT2D eigenvalue weighted by molar-refractivity contribution is -0.140. The van der Waals surface area contributed by atoms with Crippen molar-refractivity contribution in [2.75, 3.05) is 18.4 Å². The Morgan fingerprint density at radius 3 is 2.70 bits per heavy atom. The van der Waals surface area contributed by atoms with Crippen molar-refractivity contribution in [1.82, 2.24) is 10.2 Å². The number of piperidine rings is 1. The van der Waals surface area contributed by atoms with Crippen molar-refractivity contribution in [1.29, 1.82) is 0 Å². The molecule has 9 heteroatoms. The molecule has 3 rings (SSSR count). The van der Waals surface area contributed by atoms with Crippen LogP contribution in [0.4, 0.5) is 5.69 Å². The molecular weight excluding hydrogens is 429 g/mol. The fraction of sp³-hybridized carbons (Fsp3) is 0.381. The molecule has 160 valence electrons. The first kappa shape index (κ1) is 22.2. The van der Waals surface area contributed by atoms with Crippen molar-refractivity contribution in [2.45, 2.75) is 38.1 Å². The number of nitrogens with zero attached hydrogens (tertiary/aromatic N) is 1. The number of carbonyl (C=O) groups is 3. The number of hydrogen-bond donors (Lipinski definition) is 2. The molecule has 0 bridgehead atoms. The van der Waals surface area contributed by atoms with Crippen molar-refractivity contribution in [3.63, 3.8) is 0 Å². The van der Waals surface area contributed by atoms with Gasteiger partial charge < -0.3 is 20.0 Å². The Kier molecular flexibility index (Phi) is 7.76. The Morgan fingerprint density at radius 2 is 1.97 bits per heavy atom. The Labute approximate surface area is 184 Å².